The van der Waals surface area contributed by atoms with Crippen LogP contribution in [0.5, 0.6) is 0 Å². The van der Waals surface area contributed by atoms with E-state index in [9.17, 15) is 39.9 Å². The number of carbonyl (C=O) groups is 3. The van der Waals surface area contributed by atoms with Gasteiger partial charge in [-0.3, -0.25) is 9.59 Å². The van der Waals surface area contributed by atoms with Gasteiger partial charge in [-0.25, -0.2) is 4.79 Å². The Hall–Kier alpha value is -2.25. The van der Waals surface area contributed by atoms with Gasteiger partial charge in [0.15, 0.2) is 11.6 Å². The quantitative estimate of drug-likeness (QED) is 0.216. The fourth-order valence-corrected chi connectivity index (χ4v) is 9.01. The van der Waals surface area contributed by atoms with Crippen molar-refractivity contribution in [3.05, 3.63) is 36.5 Å². The molecule has 3 heterocycles. The summed E-state index contributed by atoms with van der Waals surface area (Å²) in [5, 5.41) is 55.0. The van der Waals surface area contributed by atoms with Gasteiger partial charge in [-0.2, -0.15) is 0 Å². The number of hydrogen-bond donors (Lipinski definition) is 5. The zero-order valence-electron chi connectivity index (χ0n) is 35.8. The van der Waals surface area contributed by atoms with Gasteiger partial charge in [-0.1, -0.05) is 92.7 Å². The number of aliphatic hydroxyl groups excluding tert-OH is 4. The molecule has 320 valence electrons. The summed E-state index contributed by atoms with van der Waals surface area (Å²) in [6, 6.07) is 0. The smallest absolute Gasteiger partial charge is 0.330 e. The number of ketones is 2. The second kappa shape index (κ2) is 20.6. The van der Waals surface area contributed by atoms with Crippen molar-refractivity contribution in [2.75, 3.05) is 0 Å². The first kappa shape index (κ1) is 48.1. The van der Waals surface area contributed by atoms with Crippen LogP contribution in [0, 0.1) is 53.3 Å². The van der Waals surface area contributed by atoms with Crippen molar-refractivity contribution in [1.29, 1.82) is 0 Å². The maximum atomic E-state index is 13.5. The van der Waals surface area contributed by atoms with E-state index in [0.29, 0.717) is 25.7 Å². The molecule has 0 radical (unpaired) electrons. The second-order valence-electron chi connectivity index (χ2n) is 18.0. The van der Waals surface area contributed by atoms with Crippen LogP contribution in [0.4, 0.5) is 0 Å². The molecule has 0 unspecified atom stereocenters. The van der Waals surface area contributed by atoms with Crippen molar-refractivity contribution in [3.63, 3.8) is 0 Å². The molecule has 0 aromatic rings. The van der Waals surface area contributed by atoms with E-state index in [1.807, 2.05) is 32.1 Å². The van der Waals surface area contributed by atoms with Crippen molar-refractivity contribution in [2.45, 2.75) is 175 Å². The summed E-state index contributed by atoms with van der Waals surface area (Å²) in [7, 11) is 0. The van der Waals surface area contributed by atoms with Crippen LogP contribution >= 0.6 is 0 Å². The summed E-state index contributed by atoms with van der Waals surface area (Å²) in [6.07, 6.45) is 9.62. The van der Waals surface area contributed by atoms with E-state index >= 15 is 0 Å². The molecule has 0 aliphatic carbocycles. The van der Waals surface area contributed by atoms with Crippen LogP contribution in [0.2, 0.25) is 0 Å². The zero-order valence-corrected chi connectivity index (χ0v) is 35.8. The molecule has 5 N–H and O–H groups in total. The highest BCUT2D eigenvalue weighted by Gasteiger charge is 2.56. The number of fused-ring (bicyclic) bond motifs is 2. The third-order valence-corrected chi connectivity index (χ3v) is 13.4. The Kier molecular flexibility index (Phi) is 17.7. The summed E-state index contributed by atoms with van der Waals surface area (Å²) in [5.41, 5.74) is -2.18. The van der Waals surface area contributed by atoms with E-state index in [2.05, 4.69) is 19.9 Å². The van der Waals surface area contributed by atoms with Gasteiger partial charge < -0.3 is 39.7 Å². The Morgan fingerprint density at radius 2 is 1.48 bits per heavy atom. The Morgan fingerprint density at radius 1 is 0.839 bits per heavy atom. The molecular weight excluding hydrogens is 716 g/mol. The lowest BCUT2D eigenvalue weighted by Crippen LogP contribution is -2.62. The number of carbonyl (C=O) groups excluding carboxylic acids is 3. The highest BCUT2D eigenvalue weighted by atomic mass is 16.7. The zero-order chi connectivity index (χ0) is 42.3. The molecule has 0 saturated carbocycles. The molecule has 1 spiro atoms. The minimum absolute atomic E-state index is 0.168. The number of rotatable bonds is 3. The van der Waals surface area contributed by atoms with Gasteiger partial charge in [0.1, 0.15) is 17.5 Å². The van der Waals surface area contributed by atoms with Crippen LogP contribution in [0.25, 0.3) is 0 Å². The molecule has 3 aliphatic rings. The summed E-state index contributed by atoms with van der Waals surface area (Å²) in [4.78, 5) is 40.5. The topological polar surface area (TPSA) is 180 Å². The lowest BCUT2D eigenvalue weighted by Gasteiger charge is -2.55. The van der Waals surface area contributed by atoms with Crippen molar-refractivity contribution in [1.82, 2.24) is 0 Å². The van der Waals surface area contributed by atoms with E-state index in [-0.39, 0.29) is 35.9 Å². The highest BCUT2D eigenvalue weighted by Crippen LogP contribution is 2.49. The number of aliphatic hydroxyl groups is 5. The molecule has 3 rings (SSSR count). The largest absolute Gasteiger partial charge is 0.458 e. The summed E-state index contributed by atoms with van der Waals surface area (Å²) < 4.78 is 20.0. The number of Topliss-reactive ketones (excluding diaryl/α,β-unsaturated/α-hetero) is 2. The van der Waals surface area contributed by atoms with Crippen molar-refractivity contribution in [3.8, 4) is 0 Å². The Labute approximate surface area is 336 Å². The van der Waals surface area contributed by atoms with Gasteiger partial charge in [-0.05, 0) is 70.1 Å². The summed E-state index contributed by atoms with van der Waals surface area (Å²) in [5.74, 6) is -7.28. The third kappa shape index (κ3) is 11.5. The third-order valence-electron chi connectivity index (χ3n) is 13.4. The Morgan fingerprint density at radius 3 is 2.11 bits per heavy atom. The lowest BCUT2D eigenvalue weighted by molar-refractivity contribution is -0.371. The maximum Gasteiger partial charge on any atom is 0.330 e. The van der Waals surface area contributed by atoms with Crippen LogP contribution in [0.15, 0.2) is 36.5 Å². The van der Waals surface area contributed by atoms with Gasteiger partial charge in [0.2, 0.25) is 0 Å². The van der Waals surface area contributed by atoms with Crippen LogP contribution in [-0.4, -0.2) is 97.2 Å². The molecule has 0 amide bonds. The maximum absolute atomic E-state index is 13.5. The van der Waals surface area contributed by atoms with Gasteiger partial charge in [0.25, 0.3) is 0 Å². The first-order valence-electron chi connectivity index (χ1n) is 21.2. The van der Waals surface area contributed by atoms with Gasteiger partial charge >= 0.3 is 5.97 Å². The van der Waals surface area contributed by atoms with Crippen LogP contribution < -0.4 is 0 Å². The average Bonchev–Trinajstić information content (AvgIpc) is 3.16. The molecule has 11 heteroatoms. The van der Waals surface area contributed by atoms with Crippen LogP contribution in [0.3, 0.4) is 0 Å². The van der Waals surface area contributed by atoms with E-state index in [1.54, 1.807) is 20.8 Å². The summed E-state index contributed by atoms with van der Waals surface area (Å²) in [6.45, 7) is 19.1. The fourth-order valence-electron chi connectivity index (χ4n) is 9.01. The lowest BCUT2D eigenvalue weighted by atomic mass is 9.74. The molecule has 0 aromatic heterocycles. The Balaban J connectivity index is 1.99. The minimum Gasteiger partial charge on any atom is -0.458 e. The number of allylic oxidation sites excluding steroid dienone is 4. The van der Waals surface area contributed by atoms with Crippen LogP contribution in [0.1, 0.15) is 121 Å². The van der Waals surface area contributed by atoms with E-state index in [0.717, 1.165) is 19.3 Å². The van der Waals surface area contributed by atoms with Crippen LogP contribution in [-0.2, 0) is 28.6 Å². The molecule has 18 atom stereocenters. The second-order valence-corrected chi connectivity index (χ2v) is 18.0. The van der Waals surface area contributed by atoms with E-state index in [1.165, 1.54) is 39.8 Å². The predicted molar refractivity (Wildman–Crippen MR) is 215 cm³/mol. The predicted octanol–water partition coefficient (Wildman–Crippen LogP) is 5.88. The molecule has 2 saturated heterocycles. The first-order valence-corrected chi connectivity index (χ1v) is 21.2. The minimum atomic E-state index is -2.18. The van der Waals surface area contributed by atoms with Gasteiger partial charge in [-0.15, -0.1) is 0 Å². The number of esters is 1. The standard InChI is InChI=1S/C45H74O11/c1-12-34-17-15-13-14-16-27(4)42(51)44(11,53)43(52)32(9)40(50)31(8)39(49)30(7)38(48)26(3)18-21-37(47)54-41-29(6)35(20-19-34)55-45(33(41)10)23-22-25(2)36(56-45)24-28(5)46/h13-15,17-18,21,25-36,38,40-42,46,48,50-51,53H,12,16,19-20,22-24H2,1-11H3/b14-13+,17-15-,21-18+/t25-,26+,27-,28+,29+,30+,31+,32+,33-,34+,35+,36-,38+,40+,41-,42-,44-,45-/m0/s1. The monoisotopic (exact) mass is 791 g/mol. The van der Waals surface area contributed by atoms with Gasteiger partial charge in [0.05, 0.1) is 36.6 Å². The van der Waals surface area contributed by atoms with Gasteiger partial charge in [0, 0.05) is 48.0 Å². The van der Waals surface area contributed by atoms with E-state index in [4.69, 9.17) is 14.2 Å². The molecular formula is C45H74O11. The molecule has 3 aliphatic heterocycles. The average molecular weight is 791 g/mol. The van der Waals surface area contributed by atoms with Crippen molar-refractivity contribution < 1.29 is 54.1 Å². The SMILES string of the molecule is CC[C@@H]1/C=C\C=C\C[C@H](C)[C@H](O)[C@](C)(O)C(=O)[C@H](C)[C@H](O)[C@H](C)C(=O)[C@H](C)[C@H](O)[C@H](C)/C=C/C(=O)O[C@H]2[C@H](C)[C@@H](CC1)O[C@]1(CC[C@H](C)[C@H](C[C@@H](C)O)O1)[C@H]2C. The molecule has 0 aromatic carbocycles. The van der Waals surface area contributed by atoms with Crippen molar-refractivity contribution >= 4 is 17.5 Å². The van der Waals surface area contributed by atoms with E-state index < -0.39 is 89.0 Å². The Bertz CT molecular complexity index is 1390. The molecule has 2 fully saturated rings. The first-order chi connectivity index (χ1) is 26.1. The highest BCUT2D eigenvalue weighted by molar-refractivity contribution is 5.91. The molecule has 11 nitrogen and oxygen atoms in total. The normalized spacial score (nSPS) is 46.8. The fraction of sp³-hybridized carbons (Fsp3) is 0.800. The molecule has 2 bridgehead atoms. The summed E-state index contributed by atoms with van der Waals surface area (Å²) >= 11 is 0. The number of ether oxygens (including phenoxy) is 3. The number of hydrogen-bond acceptors (Lipinski definition) is 11. The molecule has 56 heavy (non-hydrogen) atoms. The van der Waals surface area contributed by atoms with Crippen molar-refractivity contribution in [2.24, 2.45) is 53.3 Å².